The summed E-state index contributed by atoms with van der Waals surface area (Å²) in [5.41, 5.74) is 2.07. The molecule has 0 atom stereocenters. The van der Waals surface area contributed by atoms with Crippen molar-refractivity contribution in [2.45, 2.75) is 4.90 Å². The van der Waals surface area contributed by atoms with E-state index in [-0.39, 0.29) is 16.1 Å². The number of aromatic nitrogens is 2. The van der Waals surface area contributed by atoms with Crippen molar-refractivity contribution in [2.24, 2.45) is 5.14 Å². The molecule has 11 heteroatoms. The van der Waals surface area contributed by atoms with E-state index in [1.807, 2.05) is 30.3 Å². The number of nitrogens with one attached hydrogen (secondary N) is 1. The van der Waals surface area contributed by atoms with Gasteiger partial charge in [0.05, 0.1) is 10.6 Å². The van der Waals surface area contributed by atoms with Crippen LogP contribution in [0.15, 0.2) is 90.0 Å². The highest BCUT2D eigenvalue weighted by Crippen LogP contribution is 2.26. The maximum atomic E-state index is 12.9. The number of carbonyl (C=O) groups is 2. The Labute approximate surface area is 206 Å². The lowest BCUT2D eigenvalue weighted by atomic mass is 10.1. The molecule has 4 aromatic rings. The molecule has 0 bridgehead atoms. The molecule has 0 fully saturated rings. The fourth-order valence-corrected chi connectivity index (χ4v) is 3.90. The van der Waals surface area contributed by atoms with Gasteiger partial charge in [0.25, 0.3) is 5.91 Å². The van der Waals surface area contributed by atoms with Crippen LogP contribution < -0.4 is 10.5 Å². The van der Waals surface area contributed by atoms with Gasteiger partial charge in [-0.1, -0.05) is 48.0 Å². The Balaban J connectivity index is 1.53. The maximum Gasteiger partial charge on any atom is 0.342 e. The Morgan fingerprint density at radius 3 is 2.40 bits per heavy atom. The molecule has 0 aliphatic heterocycles. The first-order valence-corrected chi connectivity index (χ1v) is 12.1. The molecule has 1 heterocycles. The number of nitrogens with two attached hydrogens (primary N) is 1. The van der Waals surface area contributed by atoms with Crippen LogP contribution in [0.25, 0.3) is 16.9 Å². The Hall–Kier alpha value is -3.99. The zero-order valence-electron chi connectivity index (χ0n) is 18.1. The molecule has 3 aromatic carbocycles. The monoisotopic (exact) mass is 510 g/mol. The molecular formula is C24H19ClN4O5S. The van der Waals surface area contributed by atoms with E-state index < -0.39 is 28.5 Å². The van der Waals surface area contributed by atoms with Gasteiger partial charge in [-0.15, -0.1) is 0 Å². The number of para-hydroxylation sites is 1. The second-order valence-corrected chi connectivity index (χ2v) is 9.37. The molecule has 1 amide bonds. The molecule has 0 spiro atoms. The topological polar surface area (TPSA) is 133 Å². The van der Waals surface area contributed by atoms with Crippen LogP contribution in [0.1, 0.15) is 10.4 Å². The molecule has 1 aromatic heterocycles. The van der Waals surface area contributed by atoms with Crippen molar-refractivity contribution in [2.75, 3.05) is 11.9 Å². The highest BCUT2D eigenvalue weighted by atomic mass is 35.5. The number of halogens is 1. The number of esters is 1. The number of rotatable bonds is 7. The van der Waals surface area contributed by atoms with Crippen LogP contribution in [0.3, 0.4) is 0 Å². The number of ether oxygens (including phenoxy) is 1. The van der Waals surface area contributed by atoms with E-state index in [1.165, 1.54) is 30.5 Å². The number of carbonyl (C=O) groups excluding carboxylic acids is 2. The molecule has 0 aliphatic rings. The Morgan fingerprint density at radius 1 is 1.00 bits per heavy atom. The number of nitrogens with zero attached hydrogens (tertiary/aromatic N) is 2. The molecule has 0 aliphatic carbocycles. The Kier molecular flexibility index (Phi) is 6.97. The maximum absolute atomic E-state index is 12.9. The summed E-state index contributed by atoms with van der Waals surface area (Å²) in [5, 5.41) is 12.6. The first-order valence-electron chi connectivity index (χ1n) is 10.2. The van der Waals surface area contributed by atoms with E-state index in [2.05, 4.69) is 10.4 Å². The summed E-state index contributed by atoms with van der Waals surface area (Å²) in [6.45, 7) is -0.602. The van der Waals surface area contributed by atoms with Gasteiger partial charge in [0.2, 0.25) is 10.0 Å². The van der Waals surface area contributed by atoms with Gasteiger partial charge in [0.15, 0.2) is 6.61 Å². The number of hydrogen-bond acceptors (Lipinski definition) is 6. The third-order valence-corrected chi connectivity index (χ3v) is 6.02. The van der Waals surface area contributed by atoms with Crippen LogP contribution in [0, 0.1) is 0 Å². The predicted octanol–water partition coefficient (Wildman–Crippen LogP) is 3.64. The summed E-state index contributed by atoms with van der Waals surface area (Å²) in [7, 11) is -3.93. The number of benzene rings is 3. The molecule has 4 rings (SSSR count). The highest BCUT2D eigenvalue weighted by Gasteiger charge is 2.21. The largest absolute Gasteiger partial charge is 0.452 e. The molecule has 0 radical (unpaired) electrons. The SMILES string of the molecule is NS(=O)(=O)c1cccc(NC(=O)COC(=O)c2cn(-c3ccccc3)nc2-c2ccc(Cl)cc2)c1. The molecule has 3 N–H and O–H groups in total. The standard InChI is InChI=1S/C24H19ClN4O5S/c25-17-11-9-16(10-12-17)23-21(14-29(28-23)19-6-2-1-3-7-19)24(31)34-15-22(30)27-18-5-4-8-20(13-18)35(26,32)33/h1-14H,15H2,(H,27,30)(H2,26,32,33). The first kappa shape index (κ1) is 24.1. The summed E-state index contributed by atoms with van der Waals surface area (Å²) < 4.78 is 29.8. The molecular weight excluding hydrogens is 492 g/mol. The molecule has 178 valence electrons. The van der Waals surface area contributed by atoms with E-state index >= 15 is 0 Å². The zero-order valence-corrected chi connectivity index (χ0v) is 19.7. The number of amides is 1. The fraction of sp³-hybridized carbons (Fsp3) is 0.0417. The fourth-order valence-electron chi connectivity index (χ4n) is 3.21. The van der Waals surface area contributed by atoms with E-state index in [9.17, 15) is 18.0 Å². The van der Waals surface area contributed by atoms with E-state index in [0.717, 1.165) is 5.69 Å². The molecule has 35 heavy (non-hydrogen) atoms. The lowest BCUT2D eigenvalue weighted by Gasteiger charge is -2.08. The lowest BCUT2D eigenvalue weighted by Crippen LogP contribution is -2.21. The first-order chi connectivity index (χ1) is 16.7. The third kappa shape index (κ3) is 5.93. The highest BCUT2D eigenvalue weighted by molar-refractivity contribution is 7.89. The lowest BCUT2D eigenvalue weighted by molar-refractivity contribution is -0.119. The minimum absolute atomic E-state index is 0.153. The third-order valence-electron chi connectivity index (χ3n) is 4.85. The minimum atomic E-state index is -3.93. The average Bonchev–Trinajstić information content (AvgIpc) is 3.29. The van der Waals surface area contributed by atoms with Crippen molar-refractivity contribution in [3.05, 3.63) is 95.6 Å². The van der Waals surface area contributed by atoms with Crippen LogP contribution in [0.2, 0.25) is 5.02 Å². The van der Waals surface area contributed by atoms with E-state index in [4.69, 9.17) is 21.5 Å². The van der Waals surface area contributed by atoms with Crippen LogP contribution in [-0.2, 0) is 19.6 Å². The molecule has 0 saturated carbocycles. The number of anilines is 1. The quantitative estimate of drug-likeness (QED) is 0.365. The van der Waals surface area contributed by atoms with Gasteiger partial charge in [-0.3, -0.25) is 4.79 Å². The Morgan fingerprint density at radius 2 is 1.71 bits per heavy atom. The van der Waals surface area contributed by atoms with E-state index in [1.54, 1.807) is 28.9 Å². The number of hydrogen-bond donors (Lipinski definition) is 2. The number of sulfonamides is 1. The van der Waals surface area contributed by atoms with Gasteiger partial charge in [-0.25, -0.2) is 23.0 Å². The molecule has 0 unspecified atom stereocenters. The van der Waals surface area contributed by atoms with Crippen molar-refractivity contribution >= 4 is 39.2 Å². The zero-order chi connectivity index (χ0) is 25.0. The van der Waals surface area contributed by atoms with Crippen LogP contribution >= 0.6 is 11.6 Å². The second-order valence-electron chi connectivity index (χ2n) is 7.38. The summed E-state index contributed by atoms with van der Waals surface area (Å²) in [5.74, 6) is -1.42. The molecule has 0 saturated heterocycles. The van der Waals surface area contributed by atoms with Gasteiger partial charge >= 0.3 is 5.97 Å². The minimum Gasteiger partial charge on any atom is -0.452 e. The second kappa shape index (κ2) is 10.1. The van der Waals surface area contributed by atoms with E-state index in [0.29, 0.717) is 16.3 Å². The average molecular weight is 511 g/mol. The van der Waals surface area contributed by atoms with Gasteiger partial charge in [-0.2, -0.15) is 5.10 Å². The summed E-state index contributed by atoms with van der Waals surface area (Å²) in [6, 6.07) is 21.4. The summed E-state index contributed by atoms with van der Waals surface area (Å²) in [4.78, 5) is 25.1. The van der Waals surface area contributed by atoms with Gasteiger partial charge < -0.3 is 10.1 Å². The van der Waals surface area contributed by atoms with Crippen LogP contribution in [0.5, 0.6) is 0 Å². The Bertz CT molecular complexity index is 1490. The van der Waals surface area contributed by atoms with Crippen LogP contribution in [0.4, 0.5) is 5.69 Å². The van der Waals surface area contributed by atoms with Crippen molar-refractivity contribution in [3.8, 4) is 16.9 Å². The van der Waals surface area contributed by atoms with Gasteiger partial charge in [0, 0.05) is 22.5 Å². The van der Waals surface area contributed by atoms with Gasteiger partial charge in [0.1, 0.15) is 11.3 Å². The van der Waals surface area contributed by atoms with Crippen molar-refractivity contribution in [1.29, 1.82) is 0 Å². The van der Waals surface area contributed by atoms with Crippen molar-refractivity contribution < 1.29 is 22.7 Å². The molecule has 9 nitrogen and oxygen atoms in total. The van der Waals surface area contributed by atoms with Crippen LogP contribution in [-0.4, -0.2) is 36.7 Å². The van der Waals surface area contributed by atoms with Crippen molar-refractivity contribution in [1.82, 2.24) is 9.78 Å². The van der Waals surface area contributed by atoms with Crippen molar-refractivity contribution in [3.63, 3.8) is 0 Å². The summed E-state index contributed by atoms with van der Waals surface area (Å²) >= 11 is 5.99. The number of primary sulfonamides is 1. The van der Waals surface area contributed by atoms with Gasteiger partial charge in [-0.05, 0) is 42.5 Å². The summed E-state index contributed by atoms with van der Waals surface area (Å²) in [6.07, 6.45) is 1.52. The normalized spacial score (nSPS) is 11.1. The smallest absolute Gasteiger partial charge is 0.342 e. The predicted molar refractivity (Wildman–Crippen MR) is 131 cm³/mol.